The van der Waals surface area contributed by atoms with E-state index in [9.17, 15) is 0 Å². The summed E-state index contributed by atoms with van der Waals surface area (Å²) < 4.78 is 1.71. The Bertz CT molecular complexity index is 743. The number of nitrogens with two attached hydrogens (primary N) is 1. The highest BCUT2D eigenvalue weighted by atomic mass is 35.5. The summed E-state index contributed by atoms with van der Waals surface area (Å²) in [6.07, 6.45) is 1.79. The molecule has 0 aliphatic rings. The van der Waals surface area contributed by atoms with Gasteiger partial charge in [-0.2, -0.15) is 5.10 Å². The number of para-hydroxylation sites is 1. The summed E-state index contributed by atoms with van der Waals surface area (Å²) in [5.74, 6) is 0.493. The van der Waals surface area contributed by atoms with E-state index in [1.165, 1.54) is 0 Å². The summed E-state index contributed by atoms with van der Waals surface area (Å²) in [5.41, 5.74) is 8.73. The number of pyridine rings is 1. The number of nitrogens with zero attached hydrogens (tertiary/aromatic N) is 3. The van der Waals surface area contributed by atoms with E-state index < -0.39 is 0 Å². The Morgan fingerprint density at radius 1 is 1.26 bits per heavy atom. The van der Waals surface area contributed by atoms with E-state index in [2.05, 4.69) is 10.1 Å². The average Bonchev–Trinajstić information content (AvgIpc) is 2.67. The molecule has 0 radical (unpaired) electrons. The zero-order valence-corrected chi connectivity index (χ0v) is 11.2. The van der Waals surface area contributed by atoms with Crippen molar-refractivity contribution in [3.63, 3.8) is 0 Å². The van der Waals surface area contributed by atoms with Crippen molar-refractivity contribution >= 4 is 28.3 Å². The minimum absolute atomic E-state index is 0.493. The fourth-order valence-corrected chi connectivity index (χ4v) is 2.29. The van der Waals surface area contributed by atoms with Crippen LogP contribution in [0.5, 0.6) is 0 Å². The minimum Gasteiger partial charge on any atom is -0.383 e. The predicted octanol–water partition coefficient (Wildman–Crippen LogP) is 3.02. The fourth-order valence-electron chi connectivity index (χ4n) is 2.15. The molecule has 2 N–H and O–H groups in total. The topological polar surface area (TPSA) is 56.7 Å². The van der Waals surface area contributed by atoms with Gasteiger partial charge in [-0.25, -0.2) is 4.68 Å². The Balaban J connectivity index is 2.08. The lowest BCUT2D eigenvalue weighted by atomic mass is 10.1. The summed E-state index contributed by atoms with van der Waals surface area (Å²) in [4.78, 5) is 4.42. The van der Waals surface area contributed by atoms with Crippen LogP contribution in [-0.4, -0.2) is 14.8 Å². The highest BCUT2D eigenvalue weighted by Gasteiger charge is 2.11. The maximum absolute atomic E-state index is 6.06. The summed E-state index contributed by atoms with van der Waals surface area (Å²) in [5, 5.41) is 5.97. The first-order valence-electron chi connectivity index (χ1n) is 5.98. The summed E-state index contributed by atoms with van der Waals surface area (Å²) in [7, 11) is 0. The Hall–Kier alpha value is -2.07. The normalized spacial score (nSPS) is 11.1. The fraction of sp³-hybridized carbons (Fsp3) is 0.143. The van der Waals surface area contributed by atoms with E-state index >= 15 is 0 Å². The van der Waals surface area contributed by atoms with Gasteiger partial charge in [-0.1, -0.05) is 35.9 Å². The highest BCUT2D eigenvalue weighted by molar-refractivity contribution is 6.33. The molecule has 0 saturated carbocycles. The number of aryl methyl sites for hydroxylation is 1. The predicted molar refractivity (Wildman–Crippen MR) is 77.2 cm³/mol. The summed E-state index contributed by atoms with van der Waals surface area (Å²) in [6.45, 7) is 2.41. The summed E-state index contributed by atoms with van der Waals surface area (Å²) in [6, 6.07) is 10.0. The van der Waals surface area contributed by atoms with Gasteiger partial charge in [-0.05, 0) is 18.6 Å². The van der Waals surface area contributed by atoms with Crippen molar-refractivity contribution in [1.82, 2.24) is 14.8 Å². The zero-order valence-electron chi connectivity index (χ0n) is 10.5. The van der Waals surface area contributed by atoms with E-state index in [0.29, 0.717) is 17.4 Å². The number of hydrogen-bond donors (Lipinski definition) is 1. The van der Waals surface area contributed by atoms with Crippen LogP contribution in [0.4, 0.5) is 5.82 Å². The molecule has 0 atom stereocenters. The number of anilines is 1. The molecule has 96 valence electrons. The Kier molecular flexibility index (Phi) is 2.87. The lowest BCUT2D eigenvalue weighted by Crippen LogP contribution is -2.06. The minimum atomic E-state index is 0.493. The third-order valence-corrected chi connectivity index (χ3v) is 3.59. The molecule has 19 heavy (non-hydrogen) atoms. The Morgan fingerprint density at radius 2 is 2.05 bits per heavy atom. The molecule has 0 saturated heterocycles. The second-order valence-electron chi connectivity index (χ2n) is 4.43. The molecule has 0 amide bonds. The smallest absolute Gasteiger partial charge is 0.141 e. The third-order valence-electron chi connectivity index (χ3n) is 3.13. The number of fused-ring (bicyclic) bond motifs is 1. The molecule has 4 nitrogen and oxygen atoms in total. The maximum Gasteiger partial charge on any atom is 0.141 e. The molecule has 3 rings (SSSR count). The lowest BCUT2D eigenvalue weighted by molar-refractivity contribution is 0.691. The number of nitrogen functional groups attached to an aromatic ring is 1. The second-order valence-corrected chi connectivity index (χ2v) is 4.81. The van der Waals surface area contributed by atoms with Gasteiger partial charge in [-0.3, -0.25) is 4.98 Å². The lowest BCUT2D eigenvalue weighted by Gasteiger charge is -2.07. The summed E-state index contributed by atoms with van der Waals surface area (Å²) >= 11 is 6.06. The van der Waals surface area contributed by atoms with Gasteiger partial charge in [0.05, 0.1) is 17.8 Å². The monoisotopic (exact) mass is 272 g/mol. The first kappa shape index (κ1) is 12.0. The van der Waals surface area contributed by atoms with Crippen LogP contribution in [-0.2, 0) is 6.54 Å². The number of aromatic nitrogens is 3. The molecule has 2 heterocycles. The molecule has 0 fully saturated rings. The van der Waals surface area contributed by atoms with Crippen LogP contribution in [0.15, 0.2) is 36.5 Å². The zero-order chi connectivity index (χ0) is 13.4. The maximum atomic E-state index is 6.06. The van der Waals surface area contributed by atoms with Crippen LogP contribution in [0.1, 0.15) is 11.3 Å². The van der Waals surface area contributed by atoms with E-state index in [0.717, 1.165) is 22.2 Å². The molecule has 1 aromatic carbocycles. The van der Waals surface area contributed by atoms with Gasteiger partial charge in [0.25, 0.3) is 0 Å². The standard InChI is InChI=1S/C14H13ClN4/c1-9-12(15)14(16)19(18-9)8-11-5-2-4-10-6-3-7-17-13(10)11/h2-7H,8,16H2,1H3. The highest BCUT2D eigenvalue weighted by Crippen LogP contribution is 2.24. The quantitative estimate of drug-likeness (QED) is 0.780. The van der Waals surface area contributed by atoms with Crippen molar-refractivity contribution in [2.75, 3.05) is 5.73 Å². The number of benzene rings is 1. The average molecular weight is 273 g/mol. The van der Waals surface area contributed by atoms with Crippen molar-refractivity contribution in [3.05, 3.63) is 52.8 Å². The molecular formula is C14H13ClN4. The van der Waals surface area contributed by atoms with Crippen molar-refractivity contribution < 1.29 is 0 Å². The van der Waals surface area contributed by atoms with Gasteiger partial charge in [0.15, 0.2) is 0 Å². The van der Waals surface area contributed by atoms with E-state index in [-0.39, 0.29) is 0 Å². The van der Waals surface area contributed by atoms with Crippen molar-refractivity contribution in [2.24, 2.45) is 0 Å². The molecule has 0 spiro atoms. The van der Waals surface area contributed by atoms with Gasteiger partial charge >= 0.3 is 0 Å². The van der Waals surface area contributed by atoms with Crippen LogP contribution >= 0.6 is 11.6 Å². The van der Waals surface area contributed by atoms with Crippen LogP contribution in [0.25, 0.3) is 10.9 Å². The van der Waals surface area contributed by atoms with E-state index in [1.54, 1.807) is 10.9 Å². The largest absolute Gasteiger partial charge is 0.383 e. The Morgan fingerprint density at radius 3 is 2.79 bits per heavy atom. The molecule has 0 aliphatic carbocycles. The van der Waals surface area contributed by atoms with Gasteiger partial charge < -0.3 is 5.73 Å². The first-order valence-corrected chi connectivity index (χ1v) is 6.35. The SMILES string of the molecule is Cc1nn(Cc2cccc3cccnc23)c(N)c1Cl. The van der Waals surface area contributed by atoms with Gasteiger partial charge in [0.1, 0.15) is 10.8 Å². The van der Waals surface area contributed by atoms with Crippen molar-refractivity contribution in [3.8, 4) is 0 Å². The van der Waals surface area contributed by atoms with Gasteiger partial charge in [-0.15, -0.1) is 0 Å². The van der Waals surface area contributed by atoms with Crippen molar-refractivity contribution in [2.45, 2.75) is 13.5 Å². The van der Waals surface area contributed by atoms with E-state index in [4.69, 9.17) is 17.3 Å². The van der Waals surface area contributed by atoms with Crippen LogP contribution in [0.3, 0.4) is 0 Å². The number of rotatable bonds is 2. The van der Waals surface area contributed by atoms with Gasteiger partial charge in [0.2, 0.25) is 0 Å². The van der Waals surface area contributed by atoms with E-state index in [1.807, 2.05) is 37.3 Å². The second kappa shape index (κ2) is 4.55. The molecule has 0 unspecified atom stereocenters. The van der Waals surface area contributed by atoms with Crippen LogP contribution < -0.4 is 5.73 Å². The van der Waals surface area contributed by atoms with Crippen LogP contribution in [0.2, 0.25) is 5.02 Å². The van der Waals surface area contributed by atoms with Crippen molar-refractivity contribution in [1.29, 1.82) is 0 Å². The molecular weight excluding hydrogens is 260 g/mol. The number of halogens is 1. The first-order chi connectivity index (χ1) is 9.16. The van der Waals surface area contributed by atoms with Crippen LogP contribution in [0, 0.1) is 6.92 Å². The molecule has 2 aromatic heterocycles. The molecule has 0 aliphatic heterocycles. The molecule has 5 heteroatoms. The van der Waals surface area contributed by atoms with Gasteiger partial charge in [0, 0.05) is 11.6 Å². The number of hydrogen-bond acceptors (Lipinski definition) is 3. The molecule has 0 bridgehead atoms. The third kappa shape index (κ3) is 2.04. The Labute approximate surface area is 115 Å². The molecule has 3 aromatic rings.